The quantitative estimate of drug-likeness (QED) is 0.396. The lowest BCUT2D eigenvalue weighted by Gasteiger charge is -2.21. The number of aliphatic carboxylic acids is 1. The number of carbonyl (C=O) groups is 2. The summed E-state index contributed by atoms with van der Waals surface area (Å²) < 4.78 is 0. The van der Waals surface area contributed by atoms with Crippen molar-refractivity contribution in [2.45, 2.75) is 83.7 Å². The monoisotopic (exact) mass is 350 g/mol. The number of carboxylic acid groups (broad SMARTS) is 1. The zero-order chi connectivity index (χ0) is 18.7. The first kappa shape index (κ1) is 21.6. The Morgan fingerprint density at radius 2 is 2.00 bits per heavy atom. The molecule has 0 amide bonds. The number of Topliss-reactive ketones (excluding diaryl/α,β-unsaturated/α-hetero) is 1. The molecule has 0 heterocycles. The van der Waals surface area contributed by atoms with E-state index in [0.717, 1.165) is 44.9 Å². The molecule has 0 aromatic rings. The summed E-state index contributed by atoms with van der Waals surface area (Å²) in [5, 5.41) is 19.0. The Morgan fingerprint density at radius 1 is 1.28 bits per heavy atom. The molecule has 0 bridgehead atoms. The van der Waals surface area contributed by atoms with Crippen molar-refractivity contribution in [1.82, 2.24) is 0 Å². The van der Waals surface area contributed by atoms with E-state index >= 15 is 0 Å². The van der Waals surface area contributed by atoms with Crippen molar-refractivity contribution in [1.29, 1.82) is 0 Å². The Labute approximate surface area is 152 Å². The van der Waals surface area contributed by atoms with E-state index in [-0.39, 0.29) is 18.3 Å². The minimum absolute atomic E-state index is 0.0341. The third-order valence-electron chi connectivity index (χ3n) is 4.98. The van der Waals surface area contributed by atoms with Crippen LogP contribution in [0.1, 0.15) is 78.1 Å². The third-order valence-corrected chi connectivity index (χ3v) is 4.98. The first-order chi connectivity index (χ1) is 11.9. The second-order valence-electron chi connectivity index (χ2n) is 7.43. The molecule has 1 aliphatic carbocycles. The van der Waals surface area contributed by atoms with Gasteiger partial charge in [-0.25, -0.2) is 0 Å². The number of rotatable bonds is 12. The molecular weight excluding hydrogens is 316 g/mol. The summed E-state index contributed by atoms with van der Waals surface area (Å²) in [6.07, 6.45) is 15.6. The molecule has 2 N–H and O–H groups in total. The van der Waals surface area contributed by atoms with Crippen molar-refractivity contribution in [3.63, 3.8) is 0 Å². The van der Waals surface area contributed by atoms with Crippen molar-refractivity contribution >= 4 is 11.8 Å². The predicted octanol–water partition coefficient (Wildman–Crippen LogP) is 4.67. The molecule has 0 aromatic carbocycles. The summed E-state index contributed by atoms with van der Waals surface area (Å²) in [6.45, 7) is 3.99. The van der Waals surface area contributed by atoms with Crippen LogP contribution >= 0.6 is 0 Å². The van der Waals surface area contributed by atoms with Crippen LogP contribution in [0.4, 0.5) is 0 Å². The second kappa shape index (κ2) is 11.2. The van der Waals surface area contributed by atoms with Gasteiger partial charge >= 0.3 is 5.97 Å². The number of allylic oxidation sites excluding steroid dienone is 3. The van der Waals surface area contributed by atoms with Crippen LogP contribution in [-0.2, 0) is 9.59 Å². The van der Waals surface area contributed by atoms with Gasteiger partial charge in [-0.1, -0.05) is 50.5 Å². The topological polar surface area (TPSA) is 74.6 Å². The minimum Gasteiger partial charge on any atom is -0.481 e. The molecule has 0 aromatic heterocycles. The number of carbonyl (C=O) groups excluding carboxylic acids is 1. The van der Waals surface area contributed by atoms with E-state index in [0.29, 0.717) is 18.6 Å². The van der Waals surface area contributed by atoms with Gasteiger partial charge in [0.05, 0.1) is 5.60 Å². The Kier molecular flexibility index (Phi) is 9.73. The Hall–Kier alpha value is -1.42. The average Bonchev–Trinajstić information content (AvgIpc) is 2.89. The average molecular weight is 350 g/mol. The lowest BCUT2D eigenvalue weighted by atomic mass is 9.88. The second-order valence-corrected chi connectivity index (χ2v) is 7.43. The number of unbranched alkanes of at least 4 members (excludes halogenated alkanes) is 2. The van der Waals surface area contributed by atoms with Gasteiger partial charge in [0, 0.05) is 18.8 Å². The Morgan fingerprint density at radius 3 is 2.68 bits per heavy atom. The van der Waals surface area contributed by atoms with Crippen molar-refractivity contribution < 1.29 is 19.8 Å². The van der Waals surface area contributed by atoms with Gasteiger partial charge in [0.15, 0.2) is 0 Å². The fraction of sp³-hybridized carbons (Fsp3) is 0.714. The molecule has 0 radical (unpaired) electrons. The van der Waals surface area contributed by atoms with Gasteiger partial charge in [-0.05, 0) is 44.9 Å². The molecular formula is C21H34O4. The highest BCUT2D eigenvalue weighted by Gasteiger charge is 2.32. The van der Waals surface area contributed by atoms with Crippen LogP contribution < -0.4 is 0 Å². The SMILES string of the molecule is CCCCCC(C)(O)/C=C/C1CCC(=O)C1CC/C=C/CCC(=O)O. The van der Waals surface area contributed by atoms with Crippen LogP contribution in [-0.4, -0.2) is 27.6 Å². The van der Waals surface area contributed by atoms with Gasteiger partial charge in [0.2, 0.25) is 0 Å². The lowest BCUT2D eigenvalue weighted by molar-refractivity contribution is -0.136. The van der Waals surface area contributed by atoms with Crippen LogP contribution in [0.3, 0.4) is 0 Å². The summed E-state index contributed by atoms with van der Waals surface area (Å²) >= 11 is 0. The molecule has 0 saturated heterocycles. The summed E-state index contributed by atoms with van der Waals surface area (Å²) in [4.78, 5) is 22.6. The van der Waals surface area contributed by atoms with Crippen LogP contribution in [0.2, 0.25) is 0 Å². The van der Waals surface area contributed by atoms with E-state index in [9.17, 15) is 14.7 Å². The summed E-state index contributed by atoms with van der Waals surface area (Å²) in [6, 6.07) is 0. The van der Waals surface area contributed by atoms with Gasteiger partial charge < -0.3 is 10.2 Å². The molecule has 142 valence electrons. The van der Waals surface area contributed by atoms with E-state index in [1.54, 1.807) is 0 Å². The van der Waals surface area contributed by atoms with Crippen molar-refractivity contribution in [3.05, 3.63) is 24.3 Å². The molecule has 4 heteroatoms. The fourth-order valence-electron chi connectivity index (χ4n) is 3.41. The maximum Gasteiger partial charge on any atom is 0.303 e. The third kappa shape index (κ3) is 9.01. The smallest absolute Gasteiger partial charge is 0.303 e. The molecule has 3 unspecified atom stereocenters. The Balaban J connectivity index is 2.45. The van der Waals surface area contributed by atoms with Crippen LogP contribution in [0.5, 0.6) is 0 Å². The zero-order valence-corrected chi connectivity index (χ0v) is 15.7. The molecule has 1 rings (SSSR count). The van der Waals surface area contributed by atoms with Gasteiger partial charge in [0.1, 0.15) is 5.78 Å². The number of hydrogen-bond donors (Lipinski definition) is 2. The molecule has 0 aliphatic heterocycles. The molecule has 1 saturated carbocycles. The highest BCUT2D eigenvalue weighted by molar-refractivity contribution is 5.83. The van der Waals surface area contributed by atoms with E-state index < -0.39 is 11.6 Å². The van der Waals surface area contributed by atoms with Gasteiger partial charge in [-0.2, -0.15) is 0 Å². The highest BCUT2D eigenvalue weighted by Crippen LogP contribution is 2.34. The normalized spacial score (nSPS) is 23.6. The number of ketones is 1. The summed E-state index contributed by atoms with van der Waals surface area (Å²) in [5.41, 5.74) is -0.790. The molecule has 1 fully saturated rings. The first-order valence-corrected chi connectivity index (χ1v) is 9.67. The van der Waals surface area contributed by atoms with E-state index in [1.807, 2.05) is 25.2 Å². The maximum absolute atomic E-state index is 12.1. The van der Waals surface area contributed by atoms with Crippen molar-refractivity contribution in [2.24, 2.45) is 11.8 Å². The number of aliphatic hydroxyl groups is 1. The largest absolute Gasteiger partial charge is 0.481 e. The van der Waals surface area contributed by atoms with Gasteiger partial charge in [-0.15, -0.1) is 0 Å². The van der Waals surface area contributed by atoms with Gasteiger partial charge in [-0.3, -0.25) is 9.59 Å². The first-order valence-electron chi connectivity index (χ1n) is 9.67. The molecule has 3 atom stereocenters. The summed E-state index contributed by atoms with van der Waals surface area (Å²) in [7, 11) is 0. The molecule has 25 heavy (non-hydrogen) atoms. The molecule has 0 spiro atoms. The van der Waals surface area contributed by atoms with Crippen LogP contribution in [0.15, 0.2) is 24.3 Å². The zero-order valence-electron chi connectivity index (χ0n) is 15.7. The predicted molar refractivity (Wildman–Crippen MR) is 100 cm³/mol. The Bertz CT molecular complexity index is 476. The van der Waals surface area contributed by atoms with Crippen LogP contribution in [0.25, 0.3) is 0 Å². The van der Waals surface area contributed by atoms with Crippen LogP contribution in [0, 0.1) is 11.8 Å². The van der Waals surface area contributed by atoms with Crippen molar-refractivity contribution in [2.75, 3.05) is 0 Å². The fourth-order valence-corrected chi connectivity index (χ4v) is 3.41. The maximum atomic E-state index is 12.1. The summed E-state index contributed by atoms with van der Waals surface area (Å²) in [5.74, 6) is -0.213. The lowest BCUT2D eigenvalue weighted by Crippen LogP contribution is -2.21. The number of carboxylic acids is 1. The molecule has 1 aliphatic rings. The highest BCUT2D eigenvalue weighted by atomic mass is 16.4. The van der Waals surface area contributed by atoms with Crippen molar-refractivity contribution in [3.8, 4) is 0 Å². The van der Waals surface area contributed by atoms with E-state index in [4.69, 9.17) is 5.11 Å². The number of hydrogen-bond acceptors (Lipinski definition) is 3. The van der Waals surface area contributed by atoms with Gasteiger partial charge in [0.25, 0.3) is 0 Å². The standard InChI is InChI=1S/C21H34O4/c1-3-4-9-15-21(2,25)16-14-17-12-13-19(22)18(17)10-7-5-6-8-11-20(23)24/h5-6,14,16-18,25H,3-4,7-13,15H2,1-2H3,(H,23,24)/b6-5+,16-14+. The minimum atomic E-state index is -0.790. The molecule has 4 nitrogen and oxygen atoms in total. The van der Waals surface area contributed by atoms with E-state index in [1.165, 1.54) is 0 Å². The van der Waals surface area contributed by atoms with E-state index in [2.05, 4.69) is 13.0 Å².